The molecule has 0 aliphatic rings. The highest BCUT2D eigenvalue weighted by molar-refractivity contribution is 7.89. The molecule has 0 unspecified atom stereocenters. The Kier molecular flexibility index (Phi) is 6.99. The van der Waals surface area contributed by atoms with E-state index in [0.717, 1.165) is 0 Å². The molecule has 0 spiro atoms. The zero-order chi connectivity index (χ0) is 17.5. The highest BCUT2D eigenvalue weighted by atomic mass is 32.2. The highest BCUT2D eigenvalue weighted by Gasteiger charge is 2.15. The van der Waals surface area contributed by atoms with E-state index >= 15 is 0 Å². The van der Waals surface area contributed by atoms with E-state index in [1.807, 2.05) is 20.8 Å². The molecule has 1 aromatic rings. The van der Waals surface area contributed by atoms with E-state index < -0.39 is 10.0 Å². The van der Waals surface area contributed by atoms with Crippen LogP contribution in [0.4, 0.5) is 0 Å². The van der Waals surface area contributed by atoms with E-state index in [2.05, 4.69) is 10.0 Å². The lowest BCUT2D eigenvalue weighted by atomic mass is 10.1. The van der Waals surface area contributed by atoms with Crippen molar-refractivity contribution >= 4 is 15.9 Å². The Morgan fingerprint density at radius 2 is 1.78 bits per heavy atom. The topological polar surface area (TPSA) is 93.7 Å². The summed E-state index contributed by atoms with van der Waals surface area (Å²) in [5, 5.41) is 2.77. The standard InChI is InChI=1S/C15H24N2O5S/c1-15(2,3)17-14(18)11-22-12-5-7-13(8-6-12)23(19,20)16-9-10-21-4/h5-8,16H,9-11H2,1-4H3,(H,17,18). The summed E-state index contributed by atoms with van der Waals surface area (Å²) in [6.45, 7) is 5.99. The van der Waals surface area contributed by atoms with Gasteiger partial charge in [0.1, 0.15) is 5.75 Å². The van der Waals surface area contributed by atoms with Gasteiger partial charge in [0.15, 0.2) is 6.61 Å². The minimum Gasteiger partial charge on any atom is -0.484 e. The minimum atomic E-state index is -3.57. The number of nitrogens with one attached hydrogen (secondary N) is 2. The first kappa shape index (κ1) is 19.4. The summed E-state index contributed by atoms with van der Waals surface area (Å²) >= 11 is 0. The van der Waals surface area contributed by atoms with Crippen molar-refractivity contribution in [2.24, 2.45) is 0 Å². The van der Waals surface area contributed by atoms with Crippen LogP contribution in [0.15, 0.2) is 29.2 Å². The summed E-state index contributed by atoms with van der Waals surface area (Å²) < 4.78 is 36.5. The summed E-state index contributed by atoms with van der Waals surface area (Å²) in [6.07, 6.45) is 0. The lowest BCUT2D eigenvalue weighted by Gasteiger charge is -2.20. The van der Waals surface area contributed by atoms with Crippen LogP contribution < -0.4 is 14.8 Å². The lowest BCUT2D eigenvalue weighted by Crippen LogP contribution is -2.43. The van der Waals surface area contributed by atoms with E-state index in [-0.39, 0.29) is 29.5 Å². The van der Waals surface area contributed by atoms with Crippen molar-refractivity contribution < 1.29 is 22.7 Å². The molecule has 2 N–H and O–H groups in total. The second kappa shape index (κ2) is 8.28. The molecule has 0 aliphatic carbocycles. The maximum absolute atomic E-state index is 12.0. The van der Waals surface area contributed by atoms with Crippen LogP contribution in [0.1, 0.15) is 20.8 Å². The van der Waals surface area contributed by atoms with Gasteiger partial charge in [0.2, 0.25) is 10.0 Å². The van der Waals surface area contributed by atoms with Crippen LogP contribution in [-0.2, 0) is 19.6 Å². The molecule has 7 nitrogen and oxygen atoms in total. The van der Waals surface area contributed by atoms with Crippen molar-refractivity contribution in [2.75, 3.05) is 26.9 Å². The molecular weight excluding hydrogens is 320 g/mol. The van der Waals surface area contributed by atoms with Gasteiger partial charge in [-0.05, 0) is 45.0 Å². The second-order valence-corrected chi connectivity index (χ2v) is 7.72. The molecule has 8 heteroatoms. The van der Waals surface area contributed by atoms with Crippen molar-refractivity contribution in [3.63, 3.8) is 0 Å². The molecule has 1 rings (SSSR count). The van der Waals surface area contributed by atoms with Gasteiger partial charge in [-0.3, -0.25) is 4.79 Å². The first-order valence-electron chi connectivity index (χ1n) is 7.16. The highest BCUT2D eigenvalue weighted by Crippen LogP contribution is 2.15. The molecular formula is C15H24N2O5S. The number of carbonyl (C=O) groups is 1. The van der Waals surface area contributed by atoms with Gasteiger partial charge in [0.25, 0.3) is 5.91 Å². The third-order valence-electron chi connectivity index (χ3n) is 2.62. The quantitative estimate of drug-likeness (QED) is 0.684. The molecule has 1 amide bonds. The number of sulfonamides is 1. The molecule has 23 heavy (non-hydrogen) atoms. The Bertz CT molecular complexity index is 606. The Hall–Kier alpha value is -1.64. The molecule has 0 aromatic heterocycles. The van der Waals surface area contributed by atoms with Gasteiger partial charge in [-0.1, -0.05) is 0 Å². The molecule has 0 bridgehead atoms. The molecule has 0 fully saturated rings. The summed E-state index contributed by atoms with van der Waals surface area (Å²) in [5.41, 5.74) is -0.327. The van der Waals surface area contributed by atoms with Crippen LogP contribution in [-0.4, -0.2) is 46.7 Å². The number of hydrogen-bond donors (Lipinski definition) is 2. The zero-order valence-corrected chi connectivity index (χ0v) is 14.7. The fourth-order valence-electron chi connectivity index (χ4n) is 1.68. The molecule has 0 saturated carbocycles. The Balaban J connectivity index is 2.58. The van der Waals surface area contributed by atoms with E-state index in [1.54, 1.807) is 0 Å². The molecule has 1 aromatic carbocycles. The summed E-state index contributed by atoms with van der Waals surface area (Å²) in [4.78, 5) is 11.8. The third-order valence-corrected chi connectivity index (χ3v) is 4.09. The first-order chi connectivity index (χ1) is 10.6. The number of carbonyl (C=O) groups excluding carboxylic acids is 1. The third kappa shape index (κ3) is 7.45. The fraction of sp³-hybridized carbons (Fsp3) is 0.533. The maximum Gasteiger partial charge on any atom is 0.258 e. The molecule has 0 atom stereocenters. The SMILES string of the molecule is COCCNS(=O)(=O)c1ccc(OCC(=O)NC(C)(C)C)cc1. The number of methoxy groups -OCH3 is 1. The van der Waals surface area contributed by atoms with Crippen LogP contribution in [0.3, 0.4) is 0 Å². The molecule has 130 valence electrons. The molecule has 0 aliphatic heterocycles. The van der Waals surface area contributed by atoms with E-state index in [4.69, 9.17) is 9.47 Å². The predicted octanol–water partition coefficient (Wildman–Crippen LogP) is 0.905. The molecule has 0 radical (unpaired) electrons. The summed E-state index contributed by atoms with van der Waals surface area (Å²) in [7, 11) is -2.07. The van der Waals surface area contributed by atoms with Crippen LogP contribution >= 0.6 is 0 Å². The van der Waals surface area contributed by atoms with E-state index in [1.165, 1.54) is 31.4 Å². The minimum absolute atomic E-state index is 0.125. The van der Waals surface area contributed by atoms with Gasteiger partial charge in [-0.25, -0.2) is 13.1 Å². The van der Waals surface area contributed by atoms with E-state index in [0.29, 0.717) is 12.4 Å². The van der Waals surface area contributed by atoms with Crippen molar-refractivity contribution in [3.8, 4) is 5.75 Å². The van der Waals surface area contributed by atoms with Gasteiger partial charge >= 0.3 is 0 Å². The number of rotatable bonds is 8. The number of hydrogen-bond acceptors (Lipinski definition) is 5. The predicted molar refractivity (Wildman–Crippen MR) is 86.9 cm³/mol. The van der Waals surface area contributed by atoms with Crippen molar-refractivity contribution in [1.29, 1.82) is 0 Å². The Morgan fingerprint density at radius 1 is 1.17 bits per heavy atom. The van der Waals surface area contributed by atoms with Gasteiger partial charge in [0.05, 0.1) is 11.5 Å². The summed E-state index contributed by atoms with van der Waals surface area (Å²) in [5.74, 6) is 0.181. The Labute approximate surface area is 137 Å². The largest absolute Gasteiger partial charge is 0.484 e. The van der Waals surface area contributed by atoms with Gasteiger partial charge in [-0.2, -0.15) is 0 Å². The summed E-state index contributed by atoms with van der Waals surface area (Å²) in [6, 6.07) is 5.86. The van der Waals surface area contributed by atoms with Crippen molar-refractivity contribution in [3.05, 3.63) is 24.3 Å². The van der Waals surface area contributed by atoms with Crippen LogP contribution in [0, 0.1) is 0 Å². The Morgan fingerprint density at radius 3 is 2.30 bits per heavy atom. The second-order valence-electron chi connectivity index (χ2n) is 5.95. The van der Waals surface area contributed by atoms with Crippen LogP contribution in [0.5, 0.6) is 5.75 Å². The van der Waals surface area contributed by atoms with Gasteiger partial charge in [-0.15, -0.1) is 0 Å². The van der Waals surface area contributed by atoms with Crippen molar-refractivity contribution in [1.82, 2.24) is 10.0 Å². The monoisotopic (exact) mass is 344 g/mol. The molecule has 0 heterocycles. The zero-order valence-electron chi connectivity index (χ0n) is 13.9. The normalized spacial score (nSPS) is 12.0. The average molecular weight is 344 g/mol. The smallest absolute Gasteiger partial charge is 0.258 e. The molecule has 0 saturated heterocycles. The first-order valence-corrected chi connectivity index (χ1v) is 8.65. The number of benzene rings is 1. The fourth-order valence-corrected chi connectivity index (χ4v) is 2.69. The number of amides is 1. The van der Waals surface area contributed by atoms with Gasteiger partial charge in [0, 0.05) is 19.2 Å². The average Bonchev–Trinajstić information content (AvgIpc) is 2.44. The van der Waals surface area contributed by atoms with E-state index in [9.17, 15) is 13.2 Å². The van der Waals surface area contributed by atoms with Crippen molar-refractivity contribution in [2.45, 2.75) is 31.2 Å². The number of ether oxygens (including phenoxy) is 2. The van der Waals surface area contributed by atoms with Gasteiger partial charge < -0.3 is 14.8 Å². The van der Waals surface area contributed by atoms with Crippen LogP contribution in [0.25, 0.3) is 0 Å². The van der Waals surface area contributed by atoms with Crippen LogP contribution in [0.2, 0.25) is 0 Å². The lowest BCUT2D eigenvalue weighted by molar-refractivity contribution is -0.124. The maximum atomic E-state index is 12.0.